The average Bonchev–Trinajstić information content (AvgIpc) is 2.88. The molecule has 0 bridgehead atoms. The van der Waals surface area contributed by atoms with Gasteiger partial charge in [0.25, 0.3) is 5.91 Å². The van der Waals surface area contributed by atoms with Crippen LogP contribution < -0.4 is 11.4 Å². The molecule has 1 aliphatic rings. The van der Waals surface area contributed by atoms with E-state index in [-0.39, 0.29) is 5.56 Å². The molecule has 2 aromatic rings. The molecule has 0 aliphatic heterocycles. The van der Waals surface area contributed by atoms with Gasteiger partial charge in [-0.05, 0) is 36.5 Å². The van der Waals surface area contributed by atoms with Crippen LogP contribution in [0.3, 0.4) is 0 Å². The Morgan fingerprint density at radius 3 is 2.80 bits per heavy atom. The molecular weight excluding hydrogens is 254 g/mol. The maximum Gasteiger partial charge on any atom is 0.347 e. The lowest BCUT2D eigenvalue weighted by Crippen LogP contribution is -2.25. The molecule has 0 fully saturated rings. The minimum atomic E-state index is -0.580. The molecule has 0 saturated heterocycles. The summed E-state index contributed by atoms with van der Waals surface area (Å²) in [7, 11) is 1.55. The molecule has 1 amide bonds. The first kappa shape index (κ1) is 12.6. The highest BCUT2D eigenvalue weighted by Crippen LogP contribution is 2.28. The molecule has 1 aromatic heterocycles. The van der Waals surface area contributed by atoms with Gasteiger partial charge in [-0.25, -0.2) is 4.79 Å². The maximum absolute atomic E-state index is 11.7. The molecule has 2 N–H and O–H groups in total. The predicted molar refractivity (Wildman–Crippen MR) is 75.5 cm³/mol. The normalized spacial score (nSPS) is 13.2. The van der Waals surface area contributed by atoms with Crippen molar-refractivity contribution in [2.24, 2.45) is 12.8 Å². The molecule has 102 valence electrons. The van der Waals surface area contributed by atoms with Gasteiger partial charge in [-0.15, -0.1) is 0 Å². The van der Waals surface area contributed by atoms with Gasteiger partial charge in [0.15, 0.2) is 0 Å². The molecule has 0 atom stereocenters. The Morgan fingerprint density at radius 1 is 1.30 bits per heavy atom. The van der Waals surface area contributed by atoms with Crippen LogP contribution >= 0.6 is 0 Å². The summed E-state index contributed by atoms with van der Waals surface area (Å²) in [5.41, 5.74) is 9.00. The highest BCUT2D eigenvalue weighted by molar-refractivity contribution is 5.98. The van der Waals surface area contributed by atoms with E-state index in [0.717, 1.165) is 24.8 Å². The van der Waals surface area contributed by atoms with Crippen molar-refractivity contribution in [2.75, 3.05) is 0 Å². The number of amides is 1. The van der Waals surface area contributed by atoms with Crippen LogP contribution in [-0.4, -0.2) is 15.5 Å². The topological polar surface area (TPSA) is 78.0 Å². The zero-order valence-corrected chi connectivity index (χ0v) is 11.2. The summed E-state index contributed by atoms with van der Waals surface area (Å²) in [6.45, 7) is 0. The number of benzene rings is 1. The van der Waals surface area contributed by atoms with Crippen LogP contribution in [0.1, 0.15) is 27.9 Å². The number of primary amides is 1. The lowest BCUT2D eigenvalue weighted by atomic mass is 10.0. The Kier molecular flexibility index (Phi) is 2.89. The first-order valence-electron chi connectivity index (χ1n) is 6.56. The van der Waals surface area contributed by atoms with Crippen LogP contribution in [0.4, 0.5) is 0 Å². The fourth-order valence-electron chi connectivity index (χ4n) is 2.66. The number of nitrogens with two attached hydrogens (primary N) is 1. The first-order chi connectivity index (χ1) is 9.56. The molecule has 20 heavy (non-hydrogen) atoms. The number of rotatable bonds is 2. The van der Waals surface area contributed by atoms with Gasteiger partial charge in [0.2, 0.25) is 0 Å². The van der Waals surface area contributed by atoms with Crippen molar-refractivity contribution in [3.63, 3.8) is 0 Å². The lowest BCUT2D eigenvalue weighted by Gasteiger charge is -2.09. The lowest BCUT2D eigenvalue weighted by molar-refractivity contribution is 0.1000. The SMILES string of the molecule is Cn1cc(C(N)=O)c(-c2ccc3c(c2)CCC3)nc1=O. The molecule has 1 aromatic carbocycles. The number of hydrogen-bond donors (Lipinski definition) is 1. The fourth-order valence-corrected chi connectivity index (χ4v) is 2.66. The van der Waals surface area contributed by atoms with E-state index in [9.17, 15) is 9.59 Å². The van der Waals surface area contributed by atoms with E-state index in [2.05, 4.69) is 4.98 Å². The molecule has 0 radical (unpaired) electrons. The highest BCUT2D eigenvalue weighted by Gasteiger charge is 2.17. The van der Waals surface area contributed by atoms with Crippen LogP contribution in [0.2, 0.25) is 0 Å². The van der Waals surface area contributed by atoms with Crippen molar-refractivity contribution in [3.05, 3.63) is 51.6 Å². The Bertz CT molecular complexity index is 762. The second-order valence-electron chi connectivity index (χ2n) is 5.10. The number of carbonyl (C=O) groups is 1. The van der Waals surface area contributed by atoms with Gasteiger partial charge in [-0.2, -0.15) is 4.98 Å². The van der Waals surface area contributed by atoms with Crippen molar-refractivity contribution in [1.29, 1.82) is 0 Å². The van der Waals surface area contributed by atoms with Gasteiger partial charge >= 0.3 is 5.69 Å². The molecular formula is C15H15N3O2. The maximum atomic E-state index is 11.7. The van der Waals surface area contributed by atoms with E-state index in [1.807, 2.05) is 18.2 Å². The number of aryl methyl sites for hydroxylation is 3. The molecule has 0 saturated carbocycles. The van der Waals surface area contributed by atoms with Gasteiger partial charge < -0.3 is 10.3 Å². The van der Waals surface area contributed by atoms with E-state index in [1.54, 1.807) is 7.05 Å². The highest BCUT2D eigenvalue weighted by atomic mass is 16.1. The Balaban J connectivity index is 2.21. The van der Waals surface area contributed by atoms with Crippen LogP contribution in [0.15, 0.2) is 29.2 Å². The summed E-state index contributed by atoms with van der Waals surface area (Å²) in [5, 5.41) is 0. The third kappa shape index (κ3) is 2.01. The first-order valence-corrected chi connectivity index (χ1v) is 6.56. The van der Waals surface area contributed by atoms with E-state index in [4.69, 9.17) is 5.73 Å². The van der Waals surface area contributed by atoms with E-state index in [0.29, 0.717) is 5.69 Å². The van der Waals surface area contributed by atoms with Crippen molar-refractivity contribution in [2.45, 2.75) is 19.3 Å². The van der Waals surface area contributed by atoms with Crippen LogP contribution in [0.25, 0.3) is 11.3 Å². The molecule has 0 spiro atoms. The summed E-state index contributed by atoms with van der Waals surface area (Å²) >= 11 is 0. The minimum Gasteiger partial charge on any atom is -0.365 e. The minimum absolute atomic E-state index is 0.269. The van der Waals surface area contributed by atoms with E-state index in [1.165, 1.54) is 21.9 Å². The van der Waals surface area contributed by atoms with Gasteiger partial charge in [0, 0.05) is 18.8 Å². The number of aromatic nitrogens is 2. The Morgan fingerprint density at radius 2 is 2.05 bits per heavy atom. The number of nitrogens with zero attached hydrogens (tertiary/aromatic N) is 2. The van der Waals surface area contributed by atoms with Crippen molar-refractivity contribution >= 4 is 5.91 Å². The van der Waals surface area contributed by atoms with Crippen molar-refractivity contribution in [3.8, 4) is 11.3 Å². The van der Waals surface area contributed by atoms with E-state index < -0.39 is 11.6 Å². The molecule has 1 heterocycles. The summed E-state index contributed by atoms with van der Waals surface area (Å²) in [6, 6.07) is 5.95. The second kappa shape index (κ2) is 4.59. The van der Waals surface area contributed by atoms with Gasteiger partial charge in [-0.1, -0.05) is 12.1 Å². The summed E-state index contributed by atoms with van der Waals surface area (Å²) in [6.07, 6.45) is 4.70. The van der Waals surface area contributed by atoms with Gasteiger partial charge in [0.05, 0.1) is 11.3 Å². The standard InChI is InChI=1S/C15H15N3O2/c1-18-8-12(14(16)19)13(17-15(18)20)11-6-5-9-3-2-4-10(9)7-11/h5-8H,2-4H2,1H3,(H2,16,19). The molecule has 1 aliphatic carbocycles. The second-order valence-corrected chi connectivity index (χ2v) is 5.10. The van der Waals surface area contributed by atoms with Crippen molar-refractivity contribution < 1.29 is 4.79 Å². The van der Waals surface area contributed by atoms with Gasteiger partial charge in [-0.3, -0.25) is 4.79 Å². The van der Waals surface area contributed by atoms with Gasteiger partial charge in [0.1, 0.15) is 0 Å². The smallest absolute Gasteiger partial charge is 0.347 e. The number of carbonyl (C=O) groups excluding carboxylic acids is 1. The quantitative estimate of drug-likeness (QED) is 0.884. The third-order valence-corrected chi connectivity index (χ3v) is 3.72. The molecule has 5 nitrogen and oxygen atoms in total. The largest absolute Gasteiger partial charge is 0.365 e. The molecule has 0 unspecified atom stereocenters. The Hall–Kier alpha value is -2.43. The third-order valence-electron chi connectivity index (χ3n) is 3.72. The predicted octanol–water partition coefficient (Wildman–Crippen LogP) is 1.03. The monoisotopic (exact) mass is 269 g/mol. The summed E-state index contributed by atoms with van der Waals surface area (Å²) in [4.78, 5) is 27.3. The van der Waals surface area contributed by atoms with Crippen molar-refractivity contribution in [1.82, 2.24) is 9.55 Å². The molecule has 3 rings (SSSR count). The number of fused-ring (bicyclic) bond motifs is 1. The van der Waals surface area contributed by atoms with Crippen LogP contribution in [-0.2, 0) is 19.9 Å². The zero-order valence-electron chi connectivity index (χ0n) is 11.2. The number of hydrogen-bond acceptors (Lipinski definition) is 3. The summed E-state index contributed by atoms with van der Waals surface area (Å²) in [5.74, 6) is -0.580. The zero-order chi connectivity index (χ0) is 14.3. The van der Waals surface area contributed by atoms with E-state index >= 15 is 0 Å². The fraction of sp³-hybridized carbons (Fsp3) is 0.267. The van der Waals surface area contributed by atoms with Crippen LogP contribution in [0, 0.1) is 0 Å². The van der Waals surface area contributed by atoms with Crippen LogP contribution in [0.5, 0.6) is 0 Å². The summed E-state index contributed by atoms with van der Waals surface area (Å²) < 4.78 is 1.26. The Labute approximate surface area is 116 Å². The average molecular weight is 269 g/mol. The molecule has 5 heteroatoms.